The molecule has 0 radical (unpaired) electrons. The highest BCUT2D eigenvalue weighted by Crippen LogP contribution is 2.21. The van der Waals surface area contributed by atoms with Gasteiger partial charge in [0.05, 0.1) is 6.04 Å². The van der Waals surface area contributed by atoms with Crippen LogP contribution in [0.15, 0.2) is 0 Å². The normalized spacial score (nSPS) is 23.6. The molecule has 0 spiro atoms. The average Bonchev–Trinajstić information content (AvgIpc) is 2.91. The number of rotatable bonds is 4. The monoisotopic (exact) mass is 282 g/mol. The van der Waals surface area contributed by atoms with Gasteiger partial charge in [-0.15, -0.1) is 0 Å². The first-order chi connectivity index (χ1) is 9.56. The molecule has 6 heteroatoms. The molecular weight excluding hydrogens is 256 g/mol. The van der Waals surface area contributed by atoms with E-state index in [1.54, 1.807) is 0 Å². The molecule has 0 aliphatic carbocycles. The summed E-state index contributed by atoms with van der Waals surface area (Å²) in [6.45, 7) is 7.38. The molecule has 2 heterocycles. The summed E-state index contributed by atoms with van der Waals surface area (Å²) in [5.41, 5.74) is 4.98. The van der Waals surface area contributed by atoms with Crippen LogP contribution in [0.4, 0.5) is 4.79 Å². The number of likely N-dealkylation sites (tertiary alicyclic amines) is 2. The number of primary amides is 1. The number of carbonyl (C=O) groups is 2. The molecule has 0 saturated carbocycles. The lowest BCUT2D eigenvalue weighted by Crippen LogP contribution is -2.51. The van der Waals surface area contributed by atoms with E-state index < -0.39 is 6.03 Å². The smallest absolute Gasteiger partial charge is 0.318 e. The Kier molecular flexibility index (Phi) is 5.37. The van der Waals surface area contributed by atoms with Crippen LogP contribution >= 0.6 is 0 Å². The Bertz CT molecular complexity index is 347. The molecule has 114 valence electrons. The van der Waals surface area contributed by atoms with Crippen molar-refractivity contribution in [2.45, 2.75) is 38.6 Å². The number of carbonyl (C=O) groups excluding carboxylic acids is 2. The van der Waals surface area contributed by atoms with Gasteiger partial charge in [-0.3, -0.25) is 15.0 Å². The molecule has 2 rings (SSSR count). The van der Waals surface area contributed by atoms with Crippen molar-refractivity contribution in [2.24, 2.45) is 11.7 Å². The van der Waals surface area contributed by atoms with Gasteiger partial charge in [0.25, 0.3) is 0 Å². The lowest BCUT2D eigenvalue weighted by molar-refractivity contribution is -0.125. The van der Waals surface area contributed by atoms with Crippen LogP contribution in [0.1, 0.15) is 32.6 Å². The summed E-state index contributed by atoms with van der Waals surface area (Å²) in [6, 6.07) is -1.05. The predicted octanol–water partition coefficient (Wildman–Crippen LogP) is 0.378. The first kappa shape index (κ1) is 15.3. The zero-order chi connectivity index (χ0) is 14.5. The van der Waals surface area contributed by atoms with Crippen LogP contribution in [0.3, 0.4) is 0 Å². The van der Waals surface area contributed by atoms with Gasteiger partial charge in [0.2, 0.25) is 5.91 Å². The van der Waals surface area contributed by atoms with Crippen molar-refractivity contribution in [3.63, 3.8) is 0 Å². The highest BCUT2D eigenvalue weighted by Gasteiger charge is 2.28. The standard InChI is InChI=1S/C14H26N4O2/c1-11(13(19)16-14(15)20)18-8-4-12(5-9-18)10-17-6-2-3-7-17/h11-12H,2-10H2,1H3,(H3,15,16,19,20)/t11-/m0/s1. The zero-order valence-electron chi connectivity index (χ0n) is 12.3. The second-order valence-electron chi connectivity index (χ2n) is 6.02. The maximum atomic E-state index is 11.8. The second kappa shape index (κ2) is 7.04. The fourth-order valence-electron chi connectivity index (χ4n) is 3.24. The van der Waals surface area contributed by atoms with Crippen molar-refractivity contribution >= 4 is 11.9 Å². The SMILES string of the molecule is C[C@@H](C(=O)NC(N)=O)N1CCC(CN2CCCC2)CC1. The summed E-state index contributed by atoms with van der Waals surface area (Å²) >= 11 is 0. The molecule has 2 saturated heterocycles. The third-order valence-electron chi connectivity index (χ3n) is 4.54. The number of imide groups is 1. The van der Waals surface area contributed by atoms with Gasteiger partial charge >= 0.3 is 6.03 Å². The molecule has 20 heavy (non-hydrogen) atoms. The van der Waals surface area contributed by atoms with E-state index in [4.69, 9.17) is 5.73 Å². The van der Waals surface area contributed by atoms with E-state index in [0.717, 1.165) is 31.8 Å². The largest absolute Gasteiger partial charge is 0.351 e. The molecule has 3 amide bonds. The minimum absolute atomic E-state index is 0.282. The topological polar surface area (TPSA) is 78.7 Å². The van der Waals surface area contributed by atoms with Crippen molar-refractivity contribution in [3.8, 4) is 0 Å². The summed E-state index contributed by atoms with van der Waals surface area (Å²) in [6.07, 6.45) is 4.93. The Labute approximate surface area is 120 Å². The van der Waals surface area contributed by atoms with E-state index in [-0.39, 0.29) is 11.9 Å². The summed E-state index contributed by atoms with van der Waals surface area (Å²) in [4.78, 5) is 27.2. The van der Waals surface area contributed by atoms with Crippen LogP contribution in [-0.4, -0.2) is 60.5 Å². The van der Waals surface area contributed by atoms with Crippen molar-refractivity contribution in [1.29, 1.82) is 0 Å². The van der Waals surface area contributed by atoms with Gasteiger partial charge < -0.3 is 10.6 Å². The minimum atomic E-state index is -0.772. The van der Waals surface area contributed by atoms with Gasteiger partial charge in [-0.25, -0.2) is 4.79 Å². The van der Waals surface area contributed by atoms with Crippen LogP contribution in [0.25, 0.3) is 0 Å². The highest BCUT2D eigenvalue weighted by atomic mass is 16.2. The van der Waals surface area contributed by atoms with Gasteiger partial charge in [0.1, 0.15) is 0 Å². The molecule has 2 fully saturated rings. The van der Waals surface area contributed by atoms with Crippen molar-refractivity contribution in [2.75, 3.05) is 32.7 Å². The summed E-state index contributed by atoms with van der Waals surface area (Å²) in [5.74, 6) is 0.450. The Hall–Kier alpha value is -1.14. The Morgan fingerprint density at radius 1 is 1.20 bits per heavy atom. The molecule has 0 aromatic rings. The summed E-state index contributed by atoms with van der Waals surface area (Å²) < 4.78 is 0. The average molecular weight is 282 g/mol. The summed E-state index contributed by atoms with van der Waals surface area (Å²) in [5, 5.41) is 2.16. The number of nitrogens with two attached hydrogens (primary N) is 1. The maximum absolute atomic E-state index is 11.8. The van der Waals surface area contributed by atoms with Crippen LogP contribution in [0, 0.1) is 5.92 Å². The van der Waals surface area contributed by atoms with Crippen molar-refractivity contribution in [1.82, 2.24) is 15.1 Å². The van der Waals surface area contributed by atoms with Crippen LogP contribution in [-0.2, 0) is 4.79 Å². The molecule has 0 bridgehead atoms. The molecule has 1 atom stereocenters. The second-order valence-corrected chi connectivity index (χ2v) is 6.02. The third kappa shape index (κ3) is 4.18. The summed E-state index contributed by atoms with van der Waals surface area (Å²) in [7, 11) is 0. The number of urea groups is 1. The molecule has 0 aromatic carbocycles. The van der Waals surface area contributed by atoms with Crippen LogP contribution in [0.5, 0.6) is 0 Å². The van der Waals surface area contributed by atoms with Gasteiger partial charge in [-0.1, -0.05) is 0 Å². The predicted molar refractivity (Wildman–Crippen MR) is 77.2 cm³/mol. The van der Waals surface area contributed by atoms with Crippen LogP contribution in [0.2, 0.25) is 0 Å². The van der Waals surface area contributed by atoms with Crippen LogP contribution < -0.4 is 11.1 Å². The van der Waals surface area contributed by atoms with E-state index in [2.05, 4.69) is 15.1 Å². The minimum Gasteiger partial charge on any atom is -0.351 e. The van der Waals surface area contributed by atoms with Crippen molar-refractivity contribution in [3.05, 3.63) is 0 Å². The quantitative estimate of drug-likeness (QED) is 0.781. The first-order valence-electron chi connectivity index (χ1n) is 7.63. The van der Waals surface area contributed by atoms with Gasteiger partial charge in [0.15, 0.2) is 0 Å². The molecular formula is C14H26N4O2. The van der Waals surface area contributed by atoms with E-state index in [9.17, 15) is 9.59 Å². The van der Waals surface area contributed by atoms with E-state index in [0.29, 0.717) is 0 Å². The molecule has 3 N–H and O–H groups in total. The number of nitrogens with one attached hydrogen (secondary N) is 1. The number of nitrogens with zero attached hydrogens (tertiary/aromatic N) is 2. The Morgan fingerprint density at radius 2 is 1.80 bits per heavy atom. The van der Waals surface area contributed by atoms with E-state index in [1.165, 1.54) is 32.5 Å². The lowest BCUT2D eigenvalue weighted by atomic mass is 9.95. The molecule has 0 aromatic heterocycles. The Balaban J connectivity index is 1.72. The molecule has 2 aliphatic heterocycles. The van der Waals surface area contributed by atoms with Gasteiger partial charge in [0, 0.05) is 6.54 Å². The van der Waals surface area contributed by atoms with E-state index >= 15 is 0 Å². The van der Waals surface area contributed by atoms with Gasteiger partial charge in [-0.2, -0.15) is 0 Å². The fraction of sp³-hybridized carbons (Fsp3) is 0.857. The number of hydrogen-bond donors (Lipinski definition) is 2. The maximum Gasteiger partial charge on any atom is 0.318 e. The molecule has 0 unspecified atom stereocenters. The zero-order valence-corrected chi connectivity index (χ0v) is 12.3. The number of amides is 3. The first-order valence-corrected chi connectivity index (χ1v) is 7.63. The molecule has 6 nitrogen and oxygen atoms in total. The Morgan fingerprint density at radius 3 is 2.35 bits per heavy atom. The van der Waals surface area contributed by atoms with Crippen molar-refractivity contribution < 1.29 is 9.59 Å². The molecule has 2 aliphatic rings. The number of piperidine rings is 1. The third-order valence-corrected chi connectivity index (χ3v) is 4.54. The van der Waals surface area contributed by atoms with Gasteiger partial charge in [-0.05, 0) is 64.7 Å². The lowest BCUT2D eigenvalue weighted by Gasteiger charge is -2.36. The highest BCUT2D eigenvalue weighted by molar-refractivity contribution is 5.96. The number of hydrogen-bond acceptors (Lipinski definition) is 4. The fourth-order valence-corrected chi connectivity index (χ4v) is 3.24. The van der Waals surface area contributed by atoms with E-state index in [1.807, 2.05) is 6.92 Å².